The van der Waals surface area contributed by atoms with Crippen molar-refractivity contribution in [2.75, 3.05) is 29.6 Å². The summed E-state index contributed by atoms with van der Waals surface area (Å²) >= 11 is 0. The molecule has 0 aliphatic heterocycles. The molecule has 0 amide bonds. The van der Waals surface area contributed by atoms with Crippen LogP contribution < -0.4 is 15.5 Å². The zero-order valence-corrected chi connectivity index (χ0v) is 15.7. The Morgan fingerprint density at radius 1 is 0.885 bits per heavy atom. The van der Waals surface area contributed by atoms with E-state index in [9.17, 15) is 0 Å². The summed E-state index contributed by atoms with van der Waals surface area (Å²) in [6.45, 7) is 4.79. The Labute approximate surface area is 155 Å². The van der Waals surface area contributed by atoms with Gasteiger partial charge < -0.3 is 15.5 Å². The van der Waals surface area contributed by atoms with Crippen LogP contribution in [0.5, 0.6) is 0 Å². The molecule has 26 heavy (non-hydrogen) atoms. The molecule has 0 spiro atoms. The van der Waals surface area contributed by atoms with E-state index in [-0.39, 0.29) is 0 Å². The van der Waals surface area contributed by atoms with Gasteiger partial charge in [-0.05, 0) is 43.7 Å². The molecule has 1 aromatic heterocycles. The Morgan fingerprint density at radius 3 is 2.23 bits per heavy atom. The Bertz CT molecular complexity index is 855. The van der Waals surface area contributed by atoms with E-state index in [0.29, 0.717) is 5.95 Å². The molecule has 0 aliphatic carbocycles. The number of rotatable bonds is 6. The number of hydrogen-bond donors (Lipinski definition) is 2. The van der Waals surface area contributed by atoms with Crippen molar-refractivity contribution in [2.45, 2.75) is 20.4 Å². The lowest BCUT2D eigenvalue weighted by Gasteiger charge is -2.13. The first-order valence-corrected chi connectivity index (χ1v) is 8.69. The zero-order chi connectivity index (χ0) is 18.5. The van der Waals surface area contributed by atoms with Crippen LogP contribution in [-0.4, -0.2) is 24.1 Å². The molecular weight excluding hydrogens is 322 g/mol. The highest BCUT2D eigenvalue weighted by atomic mass is 15.1. The van der Waals surface area contributed by atoms with Gasteiger partial charge in [0.05, 0.1) is 0 Å². The maximum absolute atomic E-state index is 4.58. The first kappa shape index (κ1) is 17.7. The van der Waals surface area contributed by atoms with Gasteiger partial charge in [-0.25, -0.2) is 4.98 Å². The van der Waals surface area contributed by atoms with Crippen LogP contribution in [0.2, 0.25) is 0 Å². The molecule has 0 bridgehead atoms. The molecular formula is C21H25N5. The highest BCUT2D eigenvalue weighted by Gasteiger charge is 2.04. The molecule has 0 fully saturated rings. The van der Waals surface area contributed by atoms with Crippen molar-refractivity contribution in [3.8, 4) is 0 Å². The molecule has 3 rings (SSSR count). The molecule has 0 unspecified atom stereocenters. The molecule has 2 N–H and O–H groups in total. The zero-order valence-electron chi connectivity index (χ0n) is 15.7. The van der Waals surface area contributed by atoms with Gasteiger partial charge in [0.1, 0.15) is 5.82 Å². The topological polar surface area (TPSA) is 53.1 Å². The fourth-order valence-electron chi connectivity index (χ4n) is 2.59. The normalized spacial score (nSPS) is 10.5. The van der Waals surface area contributed by atoms with Gasteiger partial charge in [0, 0.05) is 43.8 Å². The van der Waals surface area contributed by atoms with Crippen LogP contribution in [0.1, 0.15) is 16.8 Å². The van der Waals surface area contributed by atoms with E-state index >= 15 is 0 Å². The third kappa shape index (κ3) is 4.72. The van der Waals surface area contributed by atoms with Crippen molar-refractivity contribution in [3.63, 3.8) is 0 Å². The average Bonchev–Trinajstić information content (AvgIpc) is 2.61. The number of aryl methyl sites for hydroxylation is 2. The fourth-order valence-corrected chi connectivity index (χ4v) is 2.59. The molecule has 2 aromatic carbocycles. The van der Waals surface area contributed by atoms with Gasteiger partial charge in [0.15, 0.2) is 0 Å². The lowest BCUT2D eigenvalue weighted by Crippen LogP contribution is -2.08. The summed E-state index contributed by atoms with van der Waals surface area (Å²) in [5.41, 5.74) is 5.52. The van der Waals surface area contributed by atoms with Gasteiger partial charge in [-0.1, -0.05) is 29.8 Å². The molecule has 0 saturated heterocycles. The molecule has 0 atom stereocenters. The van der Waals surface area contributed by atoms with Crippen LogP contribution in [-0.2, 0) is 6.54 Å². The molecule has 0 radical (unpaired) electrons. The van der Waals surface area contributed by atoms with E-state index in [0.717, 1.165) is 29.4 Å². The molecule has 5 heteroatoms. The summed E-state index contributed by atoms with van der Waals surface area (Å²) < 4.78 is 0. The van der Waals surface area contributed by atoms with Crippen molar-refractivity contribution in [1.82, 2.24) is 9.97 Å². The number of benzene rings is 2. The van der Waals surface area contributed by atoms with Crippen LogP contribution >= 0.6 is 0 Å². The van der Waals surface area contributed by atoms with E-state index in [1.54, 1.807) is 0 Å². The second-order valence-corrected chi connectivity index (χ2v) is 6.62. The quantitative estimate of drug-likeness (QED) is 0.687. The number of aromatic nitrogens is 2. The van der Waals surface area contributed by atoms with Crippen LogP contribution in [0, 0.1) is 13.8 Å². The monoisotopic (exact) mass is 347 g/mol. The van der Waals surface area contributed by atoms with Gasteiger partial charge in [-0.3, -0.25) is 0 Å². The molecule has 0 aliphatic rings. The Morgan fingerprint density at radius 2 is 1.58 bits per heavy atom. The van der Waals surface area contributed by atoms with Crippen LogP contribution in [0.25, 0.3) is 0 Å². The lowest BCUT2D eigenvalue weighted by molar-refractivity contribution is 1.06. The van der Waals surface area contributed by atoms with E-state index in [4.69, 9.17) is 0 Å². The van der Waals surface area contributed by atoms with E-state index in [2.05, 4.69) is 68.8 Å². The SMILES string of the molecule is Cc1ccc(CNc2cc(C)nc(Nc3ccc(N(C)C)cc3)n2)cc1. The summed E-state index contributed by atoms with van der Waals surface area (Å²) in [5.74, 6) is 1.40. The molecule has 5 nitrogen and oxygen atoms in total. The summed E-state index contributed by atoms with van der Waals surface area (Å²) in [7, 11) is 4.05. The molecule has 3 aromatic rings. The minimum Gasteiger partial charge on any atom is -0.378 e. The van der Waals surface area contributed by atoms with Crippen LogP contribution in [0.15, 0.2) is 54.6 Å². The van der Waals surface area contributed by atoms with Crippen LogP contribution in [0.4, 0.5) is 23.1 Å². The van der Waals surface area contributed by atoms with Gasteiger partial charge in [0.2, 0.25) is 5.95 Å². The van der Waals surface area contributed by atoms with Gasteiger partial charge in [-0.15, -0.1) is 0 Å². The summed E-state index contributed by atoms with van der Waals surface area (Å²) in [4.78, 5) is 11.1. The van der Waals surface area contributed by atoms with E-state index < -0.39 is 0 Å². The number of hydrogen-bond acceptors (Lipinski definition) is 5. The summed E-state index contributed by atoms with van der Waals surface area (Å²) in [5, 5.41) is 6.65. The van der Waals surface area contributed by atoms with Crippen molar-refractivity contribution in [2.24, 2.45) is 0 Å². The Balaban J connectivity index is 1.69. The number of nitrogens with one attached hydrogen (secondary N) is 2. The minimum absolute atomic E-state index is 0.592. The summed E-state index contributed by atoms with van der Waals surface area (Å²) in [6.07, 6.45) is 0. The lowest BCUT2D eigenvalue weighted by atomic mass is 10.1. The van der Waals surface area contributed by atoms with Gasteiger partial charge in [-0.2, -0.15) is 4.98 Å². The number of anilines is 4. The Hall–Kier alpha value is -3.08. The molecule has 1 heterocycles. The molecule has 0 saturated carbocycles. The predicted molar refractivity (Wildman–Crippen MR) is 109 cm³/mol. The van der Waals surface area contributed by atoms with Gasteiger partial charge in [0.25, 0.3) is 0 Å². The van der Waals surface area contributed by atoms with E-state index in [1.807, 2.05) is 39.2 Å². The predicted octanol–water partition coefficient (Wildman–Crippen LogP) is 4.52. The maximum atomic E-state index is 4.58. The fraction of sp³-hybridized carbons (Fsp3) is 0.238. The van der Waals surface area contributed by atoms with Crippen molar-refractivity contribution in [1.29, 1.82) is 0 Å². The highest BCUT2D eigenvalue weighted by Crippen LogP contribution is 2.19. The third-order valence-electron chi connectivity index (χ3n) is 4.09. The standard InChI is InChI=1S/C21H25N5/c1-15-5-7-17(8-6-15)14-22-20-13-16(2)23-21(25-20)24-18-9-11-19(12-10-18)26(3)4/h5-13H,14H2,1-4H3,(H2,22,23,24,25). The van der Waals surface area contributed by atoms with Crippen molar-refractivity contribution < 1.29 is 0 Å². The Kier molecular flexibility index (Phi) is 5.37. The average molecular weight is 347 g/mol. The van der Waals surface area contributed by atoms with Crippen molar-refractivity contribution >= 4 is 23.1 Å². The second kappa shape index (κ2) is 7.87. The first-order valence-electron chi connectivity index (χ1n) is 8.69. The smallest absolute Gasteiger partial charge is 0.229 e. The highest BCUT2D eigenvalue weighted by molar-refractivity contribution is 5.59. The van der Waals surface area contributed by atoms with E-state index in [1.165, 1.54) is 11.1 Å². The largest absolute Gasteiger partial charge is 0.378 e. The minimum atomic E-state index is 0.592. The van der Waals surface area contributed by atoms with Gasteiger partial charge >= 0.3 is 0 Å². The second-order valence-electron chi connectivity index (χ2n) is 6.62. The third-order valence-corrected chi connectivity index (χ3v) is 4.09. The molecule has 134 valence electrons. The maximum Gasteiger partial charge on any atom is 0.229 e. The van der Waals surface area contributed by atoms with Crippen LogP contribution in [0.3, 0.4) is 0 Å². The summed E-state index contributed by atoms with van der Waals surface area (Å²) in [6, 6.07) is 18.6. The number of nitrogens with zero attached hydrogens (tertiary/aromatic N) is 3. The first-order chi connectivity index (χ1) is 12.5. The van der Waals surface area contributed by atoms with Crippen molar-refractivity contribution in [3.05, 3.63) is 71.4 Å².